The van der Waals surface area contributed by atoms with Gasteiger partial charge < -0.3 is 0 Å². The molecule has 11 rings (SSSR count). The van der Waals surface area contributed by atoms with Crippen molar-refractivity contribution in [1.82, 2.24) is 0 Å². The predicted molar refractivity (Wildman–Crippen MR) is 147 cm³/mol. The predicted octanol–water partition coefficient (Wildman–Crippen LogP) is 10.1. The molecule has 4 aromatic rings. The van der Waals surface area contributed by atoms with Crippen molar-refractivity contribution in [2.75, 3.05) is 0 Å². The Labute approximate surface area is 246 Å². The lowest BCUT2D eigenvalue weighted by Crippen LogP contribution is -2.44. The summed E-state index contributed by atoms with van der Waals surface area (Å²) in [6.07, 6.45) is 6.04. The summed E-state index contributed by atoms with van der Waals surface area (Å²) in [5.41, 5.74) is -4.39. The number of benzene rings is 4. The molecule has 0 N–H and O–H groups in total. The number of hydrogen-bond donors (Lipinski definition) is 0. The first-order valence-corrected chi connectivity index (χ1v) is 14.3. The monoisotopic (exact) mass is 604 g/mol. The standard InChI is InChI=1S/C36H20F8/c37-33(38)25-13-14-26(30-22-10-9-21(29(25)30)17-5-1-2-6-18(17)22)34(39,40)36(43,44)28-16-15-27(35(33,41)42)31-23-11-12-24(32(28)31)20-8-4-3-7-19(20)23/h1-16,21-24H/t21-,22+,23-,24+. The van der Waals surface area contributed by atoms with Crippen LogP contribution in [0.1, 0.15) is 90.4 Å². The second kappa shape index (κ2) is 7.89. The summed E-state index contributed by atoms with van der Waals surface area (Å²) in [5, 5.41) is 0. The first-order valence-electron chi connectivity index (χ1n) is 14.3. The van der Waals surface area contributed by atoms with Crippen molar-refractivity contribution in [3.05, 3.63) is 164 Å². The largest absolute Gasteiger partial charge is 0.340 e. The van der Waals surface area contributed by atoms with Crippen molar-refractivity contribution in [3.63, 3.8) is 0 Å². The molecule has 8 heteroatoms. The minimum atomic E-state index is -4.87. The van der Waals surface area contributed by atoms with E-state index in [1.807, 2.05) is 0 Å². The Kier molecular flexibility index (Phi) is 4.71. The highest BCUT2D eigenvalue weighted by Gasteiger charge is 2.66. The van der Waals surface area contributed by atoms with Crippen molar-refractivity contribution >= 4 is 0 Å². The van der Waals surface area contributed by atoms with E-state index in [2.05, 4.69) is 0 Å². The summed E-state index contributed by atoms with van der Waals surface area (Å²) in [5.74, 6) is -23.8. The molecule has 44 heavy (non-hydrogen) atoms. The van der Waals surface area contributed by atoms with Crippen LogP contribution in [0.5, 0.6) is 0 Å². The van der Waals surface area contributed by atoms with E-state index in [4.69, 9.17) is 0 Å². The second-order valence-electron chi connectivity index (χ2n) is 12.2. The zero-order chi connectivity index (χ0) is 30.6. The number of rotatable bonds is 0. The third kappa shape index (κ3) is 2.78. The molecule has 0 aromatic heterocycles. The summed E-state index contributed by atoms with van der Waals surface area (Å²) in [4.78, 5) is 0. The van der Waals surface area contributed by atoms with Gasteiger partial charge in [-0.2, -0.15) is 35.1 Å². The van der Waals surface area contributed by atoms with Crippen LogP contribution in [-0.4, -0.2) is 0 Å². The molecule has 0 nitrogen and oxygen atoms in total. The summed E-state index contributed by atoms with van der Waals surface area (Å²) < 4.78 is 133. The molecule has 0 heterocycles. The Balaban J connectivity index is 1.42. The van der Waals surface area contributed by atoms with Crippen LogP contribution in [-0.2, 0) is 23.7 Å². The molecular formula is C36H20F8. The molecule has 7 aliphatic carbocycles. The van der Waals surface area contributed by atoms with Crippen molar-refractivity contribution < 1.29 is 35.1 Å². The van der Waals surface area contributed by atoms with Gasteiger partial charge in [0.2, 0.25) is 0 Å². The summed E-state index contributed by atoms with van der Waals surface area (Å²) >= 11 is 0. The maximum Gasteiger partial charge on any atom is 0.340 e. The van der Waals surface area contributed by atoms with Crippen LogP contribution in [0.15, 0.2) is 97.1 Å². The molecule has 0 radical (unpaired) electrons. The fourth-order valence-electron chi connectivity index (χ4n) is 8.41. The van der Waals surface area contributed by atoms with Gasteiger partial charge in [0, 0.05) is 45.9 Å². The minimum Gasteiger partial charge on any atom is -0.194 e. The van der Waals surface area contributed by atoms with E-state index in [1.54, 1.807) is 48.5 Å². The van der Waals surface area contributed by atoms with Crippen LogP contribution in [0.4, 0.5) is 35.1 Å². The minimum absolute atomic E-state index is 0.454. The van der Waals surface area contributed by atoms with Gasteiger partial charge in [0.1, 0.15) is 0 Å². The zero-order valence-electron chi connectivity index (χ0n) is 22.6. The Bertz CT molecular complexity index is 1730. The number of halogens is 8. The van der Waals surface area contributed by atoms with Crippen LogP contribution in [0.3, 0.4) is 0 Å². The van der Waals surface area contributed by atoms with E-state index in [9.17, 15) is 0 Å². The number of fused-ring (bicyclic) bond motifs is 6. The van der Waals surface area contributed by atoms with Gasteiger partial charge in [-0.15, -0.1) is 0 Å². The van der Waals surface area contributed by atoms with Gasteiger partial charge in [0.15, 0.2) is 0 Å². The maximum atomic E-state index is 16.7. The molecule has 0 unspecified atom stereocenters. The molecule has 0 amide bonds. The highest BCUT2D eigenvalue weighted by molar-refractivity contribution is 5.69. The van der Waals surface area contributed by atoms with Crippen LogP contribution in [0, 0.1) is 0 Å². The SMILES string of the molecule is FC1(F)c2ccc(c3c2[C@@H]2C=C[C@H]3c3ccccc32)C(F)(F)C(F)(F)c2ccc(c3c2[C@H]2C=C[C@@H]3c3ccccc32)C1(F)F. The molecule has 7 aliphatic rings. The van der Waals surface area contributed by atoms with Gasteiger partial charge in [-0.05, 0) is 44.5 Å². The maximum absolute atomic E-state index is 16.7. The van der Waals surface area contributed by atoms with Crippen LogP contribution < -0.4 is 0 Å². The van der Waals surface area contributed by atoms with Gasteiger partial charge in [-0.25, -0.2) is 0 Å². The molecule has 4 atom stereocenters. The quantitative estimate of drug-likeness (QED) is 0.138. The Morgan fingerprint density at radius 2 is 0.523 bits per heavy atom. The first-order chi connectivity index (χ1) is 20.9. The van der Waals surface area contributed by atoms with E-state index in [-0.39, 0.29) is 0 Å². The van der Waals surface area contributed by atoms with Gasteiger partial charge in [-0.1, -0.05) is 97.1 Å². The normalized spacial score (nSPS) is 27.6. The Hall–Kier alpha value is -4.20. The molecule has 4 aromatic carbocycles. The summed E-state index contributed by atoms with van der Waals surface area (Å²) in [7, 11) is 0. The Morgan fingerprint density at radius 1 is 0.318 bits per heavy atom. The van der Waals surface area contributed by atoms with E-state index in [0.717, 1.165) is 0 Å². The zero-order valence-corrected chi connectivity index (χ0v) is 22.6. The highest BCUT2D eigenvalue weighted by Crippen LogP contribution is 2.65. The van der Waals surface area contributed by atoms with Crippen molar-refractivity contribution in [1.29, 1.82) is 0 Å². The highest BCUT2D eigenvalue weighted by atomic mass is 19.3. The lowest BCUT2D eigenvalue weighted by atomic mass is 9.61. The lowest BCUT2D eigenvalue weighted by Gasteiger charge is -2.45. The summed E-state index contributed by atoms with van der Waals surface area (Å²) in [6, 6.07) is 15.1. The molecule has 8 bridgehead atoms. The fraction of sp³-hybridized carbons (Fsp3) is 0.222. The third-order valence-electron chi connectivity index (χ3n) is 10.3. The molecule has 220 valence electrons. The smallest absolute Gasteiger partial charge is 0.194 e. The van der Waals surface area contributed by atoms with Crippen molar-refractivity contribution in [3.8, 4) is 0 Å². The first kappa shape index (κ1) is 26.2. The molecular weight excluding hydrogens is 584 g/mol. The second-order valence-corrected chi connectivity index (χ2v) is 12.2. The third-order valence-corrected chi connectivity index (χ3v) is 10.3. The number of hydrogen-bond acceptors (Lipinski definition) is 0. The van der Waals surface area contributed by atoms with E-state index < -0.39 is 91.9 Å². The Morgan fingerprint density at radius 3 is 0.727 bits per heavy atom. The summed E-state index contributed by atoms with van der Waals surface area (Å²) in [6.45, 7) is 0. The van der Waals surface area contributed by atoms with Crippen LogP contribution >= 0.6 is 0 Å². The van der Waals surface area contributed by atoms with E-state index in [0.29, 0.717) is 46.5 Å². The molecule has 0 aliphatic heterocycles. The molecule has 0 saturated carbocycles. The molecule has 0 saturated heterocycles. The topological polar surface area (TPSA) is 0 Å². The van der Waals surface area contributed by atoms with Crippen molar-refractivity contribution in [2.45, 2.75) is 47.4 Å². The fourth-order valence-corrected chi connectivity index (χ4v) is 8.41. The number of allylic oxidation sites excluding steroid dienone is 4. The van der Waals surface area contributed by atoms with Crippen molar-refractivity contribution in [2.24, 2.45) is 0 Å². The van der Waals surface area contributed by atoms with Gasteiger partial charge in [-0.3, -0.25) is 0 Å². The average molecular weight is 605 g/mol. The lowest BCUT2D eigenvalue weighted by molar-refractivity contribution is -0.228. The van der Waals surface area contributed by atoms with Crippen LogP contribution in [0.25, 0.3) is 0 Å². The van der Waals surface area contributed by atoms with E-state index >= 15 is 35.1 Å². The molecule has 0 spiro atoms. The number of alkyl halides is 8. The van der Waals surface area contributed by atoms with Crippen LogP contribution in [0.2, 0.25) is 0 Å². The van der Waals surface area contributed by atoms with Gasteiger partial charge >= 0.3 is 23.7 Å². The van der Waals surface area contributed by atoms with Gasteiger partial charge in [0.05, 0.1) is 0 Å². The average Bonchev–Trinajstić information content (AvgIpc) is 3.03. The van der Waals surface area contributed by atoms with Gasteiger partial charge in [0.25, 0.3) is 0 Å². The molecule has 0 fully saturated rings. The van der Waals surface area contributed by atoms with E-state index in [1.165, 1.54) is 24.3 Å².